The van der Waals surface area contributed by atoms with Crippen molar-refractivity contribution < 1.29 is 9.66 Å². The van der Waals surface area contributed by atoms with Crippen LogP contribution < -0.4 is 10.1 Å². The first-order valence-electron chi connectivity index (χ1n) is 6.81. The Morgan fingerprint density at radius 3 is 2.67 bits per heavy atom. The normalized spacial score (nSPS) is 10.2. The Bertz CT molecular complexity index is 641. The van der Waals surface area contributed by atoms with Crippen LogP contribution in [0.3, 0.4) is 0 Å². The van der Waals surface area contributed by atoms with Crippen LogP contribution in [-0.4, -0.2) is 11.5 Å². The fourth-order valence-electron chi connectivity index (χ4n) is 2.11. The van der Waals surface area contributed by atoms with Crippen molar-refractivity contribution in [3.8, 4) is 5.75 Å². The number of benzene rings is 2. The summed E-state index contributed by atoms with van der Waals surface area (Å²) in [7, 11) is 0. The van der Waals surface area contributed by atoms with E-state index in [0.717, 1.165) is 16.9 Å². The molecule has 0 spiro atoms. The topological polar surface area (TPSA) is 64.4 Å². The quantitative estimate of drug-likeness (QED) is 0.646. The smallest absolute Gasteiger partial charge is 0.292 e. The summed E-state index contributed by atoms with van der Waals surface area (Å²) in [5, 5.41) is 14.1. The van der Waals surface area contributed by atoms with E-state index < -0.39 is 0 Å². The van der Waals surface area contributed by atoms with Crippen molar-refractivity contribution in [1.29, 1.82) is 0 Å². The molecule has 2 aromatic rings. The van der Waals surface area contributed by atoms with Crippen LogP contribution in [0.5, 0.6) is 5.75 Å². The predicted octanol–water partition coefficient (Wildman–Crippen LogP) is 3.91. The summed E-state index contributed by atoms with van der Waals surface area (Å²) in [6, 6.07) is 12.7. The maximum atomic E-state index is 11.1. The molecule has 0 aromatic heterocycles. The van der Waals surface area contributed by atoms with Gasteiger partial charge >= 0.3 is 0 Å². The maximum absolute atomic E-state index is 11.1. The first-order chi connectivity index (χ1) is 10.1. The molecule has 0 atom stereocenters. The molecule has 2 rings (SSSR count). The van der Waals surface area contributed by atoms with E-state index in [-0.39, 0.29) is 17.2 Å². The number of hydrogen-bond acceptors (Lipinski definition) is 4. The zero-order chi connectivity index (χ0) is 15.2. The van der Waals surface area contributed by atoms with Crippen molar-refractivity contribution in [2.45, 2.75) is 20.5 Å². The van der Waals surface area contributed by atoms with E-state index in [4.69, 9.17) is 4.74 Å². The molecule has 0 aliphatic carbocycles. The highest BCUT2D eigenvalue weighted by molar-refractivity contribution is 5.66. The molecule has 2 aromatic carbocycles. The highest BCUT2D eigenvalue weighted by Crippen LogP contribution is 2.29. The number of hydrogen-bond donors (Lipinski definition) is 1. The van der Waals surface area contributed by atoms with Gasteiger partial charge in [0.2, 0.25) is 0 Å². The van der Waals surface area contributed by atoms with Crippen molar-refractivity contribution in [2.75, 3.05) is 11.9 Å². The second-order valence-electron chi connectivity index (χ2n) is 4.70. The number of para-hydroxylation sites is 1. The van der Waals surface area contributed by atoms with Gasteiger partial charge in [-0.25, -0.2) is 0 Å². The Kier molecular flexibility index (Phi) is 4.77. The summed E-state index contributed by atoms with van der Waals surface area (Å²) < 4.78 is 5.73. The van der Waals surface area contributed by atoms with Crippen molar-refractivity contribution in [3.63, 3.8) is 0 Å². The largest absolute Gasteiger partial charge is 0.489 e. The molecule has 0 radical (unpaired) electrons. The monoisotopic (exact) mass is 286 g/mol. The summed E-state index contributed by atoms with van der Waals surface area (Å²) in [5.41, 5.74) is 2.48. The van der Waals surface area contributed by atoms with Gasteiger partial charge in [0.15, 0.2) is 0 Å². The van der Waals surface area contributed by atoms with Gasteiger partial charge in [-0.2, -0.15) is 0 Å². The third kappa shape index (κ3) is 3.72. The number of rotatable bonds is 6. The van der Waals surface area contributed by atoms with E-state index >= 15 is 0 Å². The minimum absolute atomic E-state index is 0.0715. The highest BCUT2D eigenvalue weighted by Gasteiger charge is 2.16. The lowest BCUT2D eigenvalue weighted by Crippen LogP contribution is -2.07. The van der Waals surface area contributed by atoms with Crippen LogP contribution in [0.2, 0.25) is 0 Å². The van der Waals surface area contributed by atoms with E-state index in [2.05, 4.69) is 5.32 Å². The molecule has 0 fully saturated rings. The molecule has 5 heteroatoms. The Morgan fingerprint density at radius 2 is 2.00 bits per heavy atom. The number of nitrogens with one attached hydrogen (secondary N) is 1. The molecular formula is C16H18N2O3. The summed E-state index contributed by atoms with van der Waals surface area (Å²) in [5.74, 6) is 0.754. The lowest BCUT2D eigenvalue weighted by Gasteiger charge is -2.12. The third-order valence-corrected chi connectivity index (χ3v) is 3.06. The van der Waals surface area contributed by atoms with E-state index in [1.54, 1.807) is 6.07 Å². The number of nitro benzene ring substituents is 1. The van der Waals surface area contributed by atoms with Gasteiger partial charge in [-0.1, -0.05) is 24.3 Å². The zero-order valence-electron chi connectivity index (χ0n) is 12.1. The number of anilines is 1. The average molecular weight is 286 g/mol. The predicted molar refractivity (Wildman–Crippen MR) is 82.8 cm³/mol. The van der Waals surface area contributed by atoms with E-state index in [1.165, 1.54) is 6.07 Å². The number of ether oxygens (including phenoxy) is 1. The first-order valence-corrected chi connectivity index (χ1v) is 6.81. The molecule has 1 N–H and O–H groups in total. The van der Waals surface area contributed by atoms with Crippen LogP contribution in [0, 0.1) is 17.0 Å². The van der Waals surface area contributed by atoms with Crippen LogP contribution in [0.1, 0.15) is 18.1 Å². The van der Waals surface area contributed by atoms with E-state index in [1.807, 2.05) is 44.2 Å². The minimum Gasteiger partial charge on any atom is -0.489 e. The van der Waals surface area contributed by atoms with Crippen LogP contribution in [0.25, 0.3) is 0 Å². The van der Waals surface area contributed by atoms with Gasteiger partial charge in [-0.15, -0.1) is 0 Å². The minimum atomic E-state index is -0.381. The molecule has 0 aliphatic rings. The lowest BCUT2D eigenvalue weighted by atomic mass is 10.1. The van der Waals surface area contributed by atoms with Gasteiger partial charge < -0.3 is 10.1 Å². The Labute approximate surface area is 123 Å². The van der Waals surface area contributed by atoms with Gasteiger partial charge in [0.1, 0.15) is 18.0 Å². The molecule has 0 saturated carbocycles. The molecule has 0 bridgehead atoms. The number of nitrogens with zero attached hydrogens (tertiary/aromatic N) is 1. The van der Waals surface area contributed by atoms with Gasteiger partial charge in [-0.3, -0.25) is 10.1 Å². The van der Waals surface area contributed by atoms with Crippen molar-refractivity contribution in [1.82, 2.24) is 0 Å². The fraction of sp³-hybridized carbons (Fsp3) is 0.250. The highest BCUT2D eigenvalue weighted by atomic mass is 16.6. The van der Waals surface area contributed by atoms with Crippen molar-refractivity contribution in [2.24, 2.45) is 0 Å². The second-order valence-corrected chi connectivity index (χ2v) is 4.70. The first kappa shape index (κ1) is 14.8. The standard InChI is InChI=1S/C16H18N2O3/c1-3-17-16-13(7-5-9-15(16)18(19)20)11-21-14-8-4-6-12(2)10-14/h4-10,17H,3,11H2,1-2H3. The summed E-state index contributed by atoms with van der Waals surface area (Å²) in [4.78, 5) is 10.7. The second kappa shape index (κ2) is 6.74. The number of aryl methyl sites for hydroxylation is 1. The molecule has 0 aliphatic heterocycles. The van der Waals surface area contributed by atoms with Gasteiger partial charge in [-0.05, 0) is 31.5 Å². The van der Waals surface area contributed by atoms with Crippen LogP contribution in [0.4, 0.5) is 11.4 Å². The van der Waals surface area contributed by atoms with E-state index in [9.17, 15) is 10.1 Å². The third-order valence-electron chi connectivity index (χ3n) is 3.06. The molecule has 110 valence electrons. The Hall–Kier alpha value is -2.56. The van der Waals surface area contributed by atoms with Crippen LogP contribution in [0.15, 0.2) is 42.5 Å². The maximum Gasteiger partial charge on any atom is 0.292 e. The Morgan fingerprint density at radius 1 is 1.24 bits per heavy atom. The number of nitro groups is 1. The summed E-state index contributed by atoms with van der Waals surface area (Å²) in [6.45, 7) is 4.79. The van der Waals surface area contributed by atoms with Gasteiger partial charge in [0.25, 0.3) is 5.69 Å². The summed E-state index contributed by atoms with van der Waals surface area (Å²) >= 11 is 0. The molecular weight excluding hydrogens is 268 g/mol. The van der Waals surface area contributed by atoms with Gasteiger partial charge in [0.05, 0.1) is 4.92 Å². The van der Waals surface area contributed by atoms with Crippen molar-refractivity contribution >= 4 is 11.4 Å². The SMILES string of the molecule is CCNc1c(COc2cccc(C)c2)cccc1[N+](=O)[O-]. The molecule has 0 heterocycles. The van der Waals surface area contributed by atoms with Crippen LogP contribution >= 0.6 is 0 Å². The lowest BCUT2D eigenvalue weighted by molar-refractivity contribution is -0.384. The molecule has 0 amide bonds. The summed E-state index contributed by atoms with van der Waals surface area (Å²) in [6.07, 6.45) is 0. The molecule has 5 nitrogen and oxygen atoms in total. The van der Waals surface area contributed by atoms with Crippen molar-refractivity contribution in [3.05, 3.63) is 63.7 Å². The Balaban J connectivity index is 2.23. The van der Waals surface area contributed by atoms with E-state index in [0.29, 0.717) is 12.2 Å². The fourth-order valence-corrected chi connectivity index (χ4v) is 2.11. The van der Waals surface area contributed by atoms with Crippen LogP contribution in [-0.2, 0) is 6.61 Å². The average Bonchev–Trinajstić information content (AvgIpc) is 2.46. The molecule has 21 heavy (non-hydrogen) atoms. The zero-order valence-corrected chi connectivity index (χ0v) is 12.1. The molecule has 0 unspecified atom stereocenters. The molecule has 0 saturated heterocycles. The van der Waals surface area contributed by atoms with Gasteiger partial charge in [0, 0.05) is 18.2 Å².